The predicted octanol–water partition coefficient (Wildman–Crippen LogP) is 2.00. The van der Waals surface area contributed by atoms with Crippen LogP contribution < -0.4 is 4.74 Å². The summed E-state index contributed by atoms with van der Waals surface area (Å²) in [6.07, 6.45) is -0.415. The molecule has 8 heteroatoms. The topological polar surface area (TPSA) is 127 Å². The molecule has 8 nitrogen and oxygen atoms in total. The van der Waals surface area contributed by atoms with Crippen molar-refractivity contribution in [1.82, 2.24) is 9.88 Å². The lowest BCUT2D eigenvalue weighted by Gasteiger charge is -2.40. The van der Waals surface area contributed by atoms with Crippen molar-refractivity contribution in [3.05, 3.63) is 89.2 Å². The molecule has 0 spiro atoms. The number of nitriles is 1. The van der Waals surface area contributed by atoms with Crippen molar-refractivity contribution in [3.63, 3.8) is 0 Å². The van der Waals surface area contributed by atoms with Crippen molar-refractivity contribution >= 4 is 5.91 Å². The highest BCUT2D eigenvalue weighted by Crippen LogP contribution is 2.68. The molecule has 3 aromatic rings. The summed E-state index contributed by atoms with van der Waals surface area (Å²) in [5, 5.41) is 43.4. The summed E-state index contributed by atoms with van der Waals surface area (Å²) in [4.78, 5) is 19.1. The van der Waals surface area contributed by atoms with Crippen molar-refractivity contribution in [1.29, 1.82) is 5.26 Å². The Morgan fingerprint density at radius 2 is 1.82 bits per heavy atom. The van der Waals surface area contributed by atoms with Gasteiger partial charge >= 0.3 is 0 Å². The van der Waals surface area contributed by atoms with E-state index in [1.807, 2.05) is 30.3 Å². The second-order valence-corrected chi connectivity index (χ2v) is 8.93. The van der Waals surface area contributed by atoms with Crippen molar-refractivity contribution < 1.29 is 24.9 Å². The first-order valence-electron chi connectivity index (χ1n) is 10.8. The highest BCUT2D eigenvalue weighted by atomic mass is 16.5. The SMILES string of the molecule is CN(C)C(=O)C1C(O)C2(O)c3ncc(O)cc3OC2(c2ccc(C#N)cc2)C1c1ccccc1. The van der Waals surface area contributed by atoms with Crippen LogP contribution in [0.3, 0.4) is 0 Å². The minimum Gasteiger partial charge on any atom is -0.506 e. The van der Waals surface area contributed by atoms with Crippen LogP contribution in [0.25, 0.3) is 0 Å². The Morgan fingerprint density at radius 3 is 2.44 bits per heavy atom. The average molecular weight is 457 g/mol. The molecule has 2 aromatic carbocycles. The molecule has 34 heavy (non-hydrogen) atoms. The second kappa shape index (κ2) is 7.55. The number of aliphatic hydroxyl groups is 2. The standard InChI is InChI=1S/C26H23N3O5/c1-29(2)24(32)20-21(16-6-4-3-5-7-16)26(17-10-8-15(13-27)9-11-17)25(33,23(20)31)22-19(34-26)12-18(30)14-28-22/h3-12,14,20-21,23,30-31,33H,1-2H3. The molecule has 1 amide bonds. The molecule has 0 radical (unpaired) electrons. The number of hydrogen-bond donors (Lipinski definition) is 3. The lowest BCUT2D eigenvalue weighted by Crippen LogP contribution is -2.52. The summed E-state index contributed by atoms with van der Waals surface area (Å²) in [6, 6.07) is 19.0. The lowest BCUT2D eigenvalue weighted by atomic mass is 9.71. The fraction of sp³-hybridized carbons (Fsp3) is 0.269. The van der Waals surface area contributed by atoms with Gasteiger partial charge < -0.3 is 25.0 Å². The largest absolute Gasteiger partial charge is 0.506 e. The first-order valence-corrected chi connectivity index (χ1v) is 10.8. The maximum Gasteiger partial charge on any atom is 0.228 e. The van der Waals surface area contributed by atoms with Crippen LogP contribution in [0, 0.1) is 17.2 Å². The number of nitrogens with zero attached hydrogens (tertiary/aromatic N) is 3. The third-order valence-corrected chi connectivity index (χ3v) is 6.93. The molecule has 0 bridgehead atoms. The molecule has 3 N–H and O–H groups in total. The minimum atomic E-state index is -2.12. The van der Waals surface area contributed by atoms with Crippen molar-refractivity contribution in [2.75, 3.05) is 14.1 Å². The first kappa shape index (κ1) is 21.9. The van der Waals surface area contributed by atoms with Crippen LogP contribution in [0.4, 0.5) is 0 Å². The maximum absolute atomic E-state index is 13.4. The smallest absolute Gasteiger partial charge is 0.228 e. The fourth-order valence-corrected chi connectivity index (χ4v) is 5.51. The molecular formula is C26H23N3O5. The van der Waals surface area contributed by atoms with Crippen LogP contribution in [0.5, 0.6) is 11.5 Å². The molecule has 2 aliphatic rings. The van der Waals surface area contributed by atoms with Gasteiger partial charge in [-0.2, -0.15) is 5.26 Å². The number of carbonyl (C=O) groups excluding carboxylic acids is 1. The van der Waals surface area contributed by atoms with Gasteiger partial charge in [0.15, 0.2) is 11.2 Å². The van der Waals surface area contributed by atoms with E-state index in [9.17, 15) is 25.4 Å². The van der Waals surface area contributed by atoms with E-state index in [1.165, 1.54) is 17.2 Å². The van der Waals surface area contributed by atoms with Gasteiger partial charge in [-0.25, -0.2) is 0 Å². The van der Waals surface area contributed by atoms with Crippen molar-refractivity contribution in [2.45, 2.75) is 23.2 Å². The van der Waals surface area contributed by atoms with Crippen LogP contribution in [0.2, 0.25) is 0 Å². The van der Waals surface area contributed by atoms with E-state index in [1.54, 1.807) is 38.4 Å². The Bertz CT molecular complexity index is 1300. The first-order chi connectivity index (χ1) is 16.3. The van der Waals surface area contributed by atoms with E-state index < -0.39 is 29.1 Å². The minimum absolute atomic E-state index is 0.0390. The van der Waals surface area contributed by atoms with Crippen molar-refractivity contribution in [2.24, 2.45) is 5.92 Å². The molecule has 1 aromatic heterocycles. The number of hydrogen-bond acceptors (Lipinski definition) is 7. The zero-order valence-electron chi connectivity index (χ0n) is 18.6. The number of aliphatic hydroxyl groups excluding tert-OH is 1. The zero-order chi connectivity index (χ0) is 24.3. The van der Waals surface area contributed by atoms with Gasteiger partial charge in [-0.3, -0.25) is 9.78 Å². The number of pyridine rings is 1. The number of benzene rings is 2. The van der Waals surface area contributed by atoms with Crippen LogP contribution >= 0.6 is 0 Å². The van der Waals surface area contributed by atoms with Crippen LogP contribution in [0.1, 0.15) is 28.3 Å². The van der Waals surface area contributed by atoms with Gasteiger partial charge in [0, 0.05) is 26.1 Å². The Hall–Kier alpha value is -3.93. The Balaban J connectivity index is 1.86. The summed E-state index contributed by atoms with van der Waals surface area (Å²) in [5.41, 5.74) is -2.20. The summed E-state index contributed by atoms with van der Waals surface area (Å²) in [7, 11) is 3.18. The number of rotatable bonds is 3. The third-order valence-electron chi connectivity index (χ3n) is 6.93. The van der Waals surface area contributed by atoms with E-state index in [2.05, 4.69) is 11.1 Å². The summed E-state index contributed by atoms with van der Waals surface area (Å²) >= 11 is 0. The van der Waals surface area contributed by atoms with Gasteiger partial charge in [0.05, 0.1) is 23.7 Å². The molecule has 1 aliphatic heterocycles. The molecule has 2 heterocycles. The summed E-state index contributed by atoms with van der Waals surface area (Å²) < 4.78 is 6.47. The molecule has 5 rings (SSSR count). The van der Waals surface area contributed by atoms with E-state index in [0.717, 1.165) is 0 Å². The van der Waals surface area contributed by atoms with Crippen molar-refractivity contribution in [3.8, 4) is 17.6 Å². The maximum atomic E-state index is 13.4. The molecule has 5 unspecified atom stereocenters. The van der Waals surface area contributed by atoms with E-state index in [0.29, 0.717) is 16.7 Å². The quantitative estimate of drug-likeness (QED) is 0.549. The number of aromatic hydroxyl groups is 1. The Labute approximate surface area is 196 Å². The number of fused-ring (bicyclic) bond motifs is 3. The number of ether oxygens (including phenoxy) is 1. The van der Waals surface area contributed by atoms with Gasteiger partial charge in [-0.1, -0.05) is 42.5 Å². The van der Waals surface area contributed by atoms with Crippen LogP contribution in [-0.2, 0) is 16.0 Å². The Kier molecular flexibility index (Phi) is 4.86. The number of amides is 1. The summed E-state index contributed by atoms with van der Waals surface area (Å²) in [5.74, 6) is -2.32. The van der Waals surface area contributed by atoms with E-state index >= 15 is 0 Å². The Morgan fingerprint density at radius 1 is 1.15 bits per heavy atom. The monoisotopic (exact) mass is 457 g/mol. The highest BCUT2D eigenvalue weighted by Gasteiger charge is 2.78. The zero-order valence-corrected chi connectivity index (χ0v) is 18.6. The summed E-state index contributed by atoms with van der Waals surface area (Å²) in [6.45, 7) is 0. The van der Waals surface area contributed by atoms with Gasteiger partial charge in [0.1, 0.15) is 23.3 Å². The highest BCUT2D eigenvalue weighted by molar-refractivity contribution is 5.82. The molecule has 0 saturated heterocycles. The molecule has 1 saturated carbocycles. The van der Waals surface area contributed by atoms with Gasteiger partial charge in [0.25, 0.3) is 0 Å². The lowest BCUT2D eigenvalue weighted by molar-refractivity contribution is -0.157. The molecule has 172 valence electrons. The molecule has 1 aliphatic carbocycles. The fourth-order valence-electron chi connectivity index (χ4n) is 5.51. The van der Waals surface area contributed by atoms with E-state index in [4.69, 9.17) is 4.74 Å². The van der Waals surface area contributed by atoms with Crippen LogP contribution in [-0.4, -0.2) is 51.3 Å². The predicted molar refractivity (Wildman–Crippen MR) is 121 cm³/mol. The number of carbonyl (C=O) groups is 1. The third kappa shape index (κ3) is 2.71. The number of aromatic nitrogens is 1. The average Bonchev–Trinajstić information content (AvgIpc) is 3.21. The second-order valence-electron chi connectivity index (χ2n) is 8.93. The molecular weight excluding hydrogens is 434 g/mol. The van der Waals surface area contributed by atoms with Gasteiger partial charge in [-0.15, -0.1) is 0 Å². The molecule has 1 fully saturated rings. The van der Waals surface area contributed by atoms with Crippen LogP contribution in [0.15, 0.2) is 66.9 Å². The van der Waals surface area contributed by atoms with E-state index in [-0.39, 0.29) is 23.1 Å². The molecule has 5 atom stereocenters. The normalized spacial score (nSPS) is 29.0. The van der Waals surface area contributed by atoms with Gasteiger partial charge in [0.2, 0.25) is 5.91 Å². The van der Waals surface area contributed by atoms with Gasteiger partial charge in [-0.05, 0) is 23.3 Å².